The maximum Gasteiger partial charge on any atom is 0.238 e. The lowest BCUT2D eigenvalue weighted by Crippen LogP contribution is -2.27. The van der Waals surface area contributed by atoms with Crippen LogP contribution in [0.15, 0.2) is 67.1 Å². The summed E-state index contributed by atoms with van der Waals surface area (Å²) in [6.45, 7) is 1.86. The van der Waals surface area contributed by atoms with Crippen molar-refractivity contribution in [2.24, 2.45) is 0 Å². The molecule has 5 aromatic heterocycles. The first-order chi connectivity index (χ1) is 18.9. The number of nitrogens with one attached hydrogen (secondary N) is 3. The van der Waals surface area contributed by atoms with Crippen LogP contribution in [0.4, 0.5) is 5.69 Å². The number of likely N-dealkylation sites (N-methyl/N-ethyl adjacent to an activating group) is 1. The van der Waals surface area contributed by atoms with Crippen molar-refractivity contribution in [2.45, 2.75) is 6.92 Å². The molecular weight excluding hydrogens is 510 g/mol. The van der Waals surface area contributed by atoms with Crippen molar-refractivity contribution in [1.82, 2.24) is 30.0 Å². The smallest absolute Gasteiger partial charge is 0.238 e. The third-order valence-electron chi connectivity index (χ3n) is 6.37. The Hall–Kier alpha value is -4.67. The largest absolute Gasteiger partial charge is 0.353 e. The fraction of sp³-hybridized carbons (Fsp3) is 0.138. The summed E-state index contributed by atoms with van der Waals surface area (Å²) in [6.07, 6.45) is 5.19. The molecule has 5 heterocycles. The van der Waals surface area contributed by atoms with E-state index in [1.807, 2.05) is 55.4 Å². The van der Waals surface area contributed by atoms with Gasteiger partial charge in [0.1, 0.15) is 5.69 Å². The SMILES string of the molecule is CC(=O)c1ccc(-c2nccc3[nH]c(-c4n[nH]c5ccc(-c6cncc(NC(=O)CN(C)C)c6)cc45)cc23)s1. The topological polar surface area (TPSA) is 120 Å². The summed E-state index contributed by atoms with van der Waals surface area (Å²) < 4.78 is 0. The Balaban J connectivity index is 1.37. The summed E-state index contributed by atoms with van der Waals surface area (Å²) in [5, 5.41) is 12.6. The average Bonchev–Trinajstić information content (AvgIpc) is 3.65. The van der Waals surface area contributed by atoms with Crippen LogP contribution in [0.3, 0.4) is 0 Å². The molecule has 6 aromatic rings. The zero-order valence-electron chi connectivity index (χ0n) is 21.6. The van der Waals surface area contributed by atoms with E-state index in [0.29, 0.717) is 17.1 Å². The van der Waals surface area contributed by atoms with Gasteiger partial charge in [-0.3, -0.25) is 24.7 Å². The molecule has 1 amide bonds. The van der Waals surface area contributed by atoms with Crippen LogP contribution in [0, 0.1) is 0 Å². The number of carbonyl (C=O) groups is 2. The number of carbonyl (C=O) groups excluding carboxylic acids is 2. The Bertz CT molecular complexity index is 1860. The number of Topliss-reactive ketones (excluding diaryl/α,β-unsaturated/α-hetero) is 1. The lowest BCUT2D eigenvalue weighted by molar-refractivity contribution is -0.116. The van der Waals surface area contributed by atoms with Crippen LogP contribution in [0.2, 0.25) is 0 Å². The van der Waals surface area contributed by atoms with Crippen LogP contribution in [-0.2, 0) is 4.79 Å². The number of hydrogen-bond donors (Lipinski definition) is 3. The number of nitrogens with zero attached hydrogens (tertiary/aromatic N) is 4. The molecule has 0 spiro atoms. The second-order valence-corrected chi connectivity index (χ2v) is 10.7. The first kappa shape index (κ1) is 24.7. The molecule has 0 saturated heterocycles. The molecule has 6 rings (SSSR count). The Morgan fingerprint density at radius 2 is 1.79 bits per heavy atom. The molecule has 1 aromatic carbocycles. The number of fused-ring (bicyclic) bond motifs is 2. The first-order valence-electron chi connectivity index (χ1n) is 12.3. The number of amides is 1. The van der Waals surface area contributed by atoms with Crippen LogP contribution >= 0.6 is 11.3 Å². The van der Waals surface area contributed by atoms with Crippen molar-refractivity contribution in [3.05, 3.63) is 72.0 Å². The minimum absolute atomic E-state index is 0.0451. The highest BCUT2D eigenvalue weighted by Gasteiger charge is 2.16. The summed E-state index contributed by atoms with van der Waals surface area (Å²) in [4.78, 5) is 39.9. The molecule has 0 unspecified atom stereocenters. The van der Waals surface area contributed by atoms with Gasteiger partial charge in [0, 0.05) is 34.2 Å². The van der Waals surface area contributed by atoms with Crippen LogP contribution in [0.25, 0.3) is 54.9 Å². The van der Waals surface area contributed by atoms with E-state index < -0.39 is 0 Å². The van der Waals surface area contributed by atoms with E-state index in [1.165, 1.54) is 11.3 Å². The zero-order valence-corrected chi connectivity index (χ0v) is 22.4. The molecule has 0 aliphatic carbocycles. The van der Waals surface area contributed by atoms with Crippen molar-refractivity contribution >= 4 is 50.5 Å². The predicted molar refractivity (Wildman–Crippen MR) is 155 cm³/mol. The van der Waals surface area contributed by atoms with Gasteiger partial charge in [-0.2, -0.15) is 5.10 Å². The van der Waals surface area contributed by atoms with Crippen LogP contribution < -0.4 is 5.32 Å². The third-order valence-corrected chi connectivity index (χ3v) is 7.56. The molecule has 39 heavy (non-hydrogen) atoms. The molecule has 0 aliphatic heterocycles. The van der Waals surface area contributed by atoms with E-state index in [-0.39, 0.29) is 11.7 Å². The second-order valence-electron chi connectivity index (χ2n) is 9.60. The minimum atomic E-state index is -0.0979. The Labute approximate surface area is 227 Å². The van der Waals surface area contributed by atoms with Crippen molar-refractivity contribution in [3.8, 4) is 33.1 Å². The van der Waals surface area contributed by atoms with E-state index in [2.05, 4.69) is 42.6 Å². The molecular formula is C29H25N7O2S. The van der Waals surface area contributed by atoms with Gasteiger partial charge >= 0.3 is 0 Å². The number of aromatic amines is 2. The molecule has 0 saturated carbocycles. The van der Waals surface area contributed by atoms with E-state index in [0.717, 1.165) is 54.9 Å². The van der Waals surface area contributed by atoms with E-state index in [1.54, 1.807) is 25.5 Å². The fourth-order valence-corrected chi connectivity index (χ4v) is 5.50. The lowest BCUT2D eigenvalue weighted by Gasteiger charge is -2.11. The molecule has 0 aliphatic rings. The number of rotatable bonds is 7. The summed E-state index contributed by atoms with van der Waals surface area (Å²) in [7, 11) is 3.70. The number of thiophene rings is 1. The third kappa shape index (κ3) is 4.83. The Morgan fingerprint density at radius 3 is 2.59 bits per heavy atom. The van der Waals surface area contributed by atoms with E-state index in [9.17, 15) is 9.59 Å². The van der Waals surface area contributed by atoms with Crippen molar-refractivity contribution in [1.29, 1.82) is 0 Å². The minimum Gasteiger partial charge on any atom is -0.353 e. The number of anilines is 1. The summed E-state index contributed by atoms with van der Waals surface area (Å²) in [5.74, 6) is -0.0529. The van der Waals surface area contributed by atoms with Gasteiger partial charge in [-0.05, 0) is 69.0 Å². The Morgan fingerprint density at radius 1 is 0.949 bits per heavy atom. The lowest BCUT2D eigenvalue weighted by atomic mass is 10.0. The number of benzene rings is 1. The first-order valence-corrected chi connectivity index (χ1v) is 13.1. The number of pyridine rings is 2. The van der Waals surface area contributed by atoms with E-state index in [4.69, 9.17) is 0 Å². The van der Waals surface area contributed by atoms with Gasteiger partial charge in [0.15, 0.2) is 5.78 Å². The molecule has 0 radical (unpaired) electrons. The van der Waals surface area contributed by atoms with Crippen LogP contribution in [-0.4, -0.2) is 62.4 Å². The zero-order chi connectivity index (χ0) is 27.1. The molecule has 0 bridgehead atoms. The number of hydrogen-bond acceptors (Lipinski definition) is 7. The monoisotopic (exact) mass is 535 g/mol. The van der Waals surface area contributed by atoms with E-state index >= 15 is 0 Å². The average molecular weight is 536 g/mol. The highest BCUT2D eigenvalue weighted by atomic mass is 32.1. The van der Waals surface area contributed by atoms with Gasteiger partial charge in [-0.25, -0.2) is 0 Å². The van der Waals surface area contributed by atoms with Gasteiger partial charge in [-0.15, -0.1) is 11.3 Å². The molecule has 0 atom stereocenters. The highest BCUT2D eigenvalue weighted by Crippen LogP contribution is 2.36. The normalized spacial score (nSPS) is 11.5. The summed E-state index contributed by atoms with van der Waals surface area (Å²) >= 11 is 1.44. The number of ketones is 1. The molecule has 0 fully saturated rings. The summed E-state index contributed by atoms with van der Waals surface area (Å²) in [6, 6.07) is 15.7. The fourth-order valence-electron chi connectivity index (χ4n) is 4.58. The van der Waals surface area contributed by atoms with Crippen LogP contribution in [0.1, 0.15) is 16.6 Å². The van der Waals surface area contributed by atoms with Crippen molar-refractivity contribution in [2.75, 3.05) is 26.0 Å². The molecule has 10 heteroatoms. The van der Waals surface area contributed by atoms with Gasteiger partial charge in [0.05, 0.1) is 45.1 Å². The predicted octanol–water partition coefficient (Wildman–Crippen LogP) is 5.60. The van der Waals surface area contributed by atoms with Crippen LogP contribution in [0.5, 0.6) is 0 Å². The standard InChI is InChI=1S/C29H25N7O2S/c1-16(37)25-6-7-26(39-25)29-21-12-24(33-22(21)8-9-31-29)28-20-11-17(4-5-23(20)34-35-28)18-10-19(14-30-13-18)32-27(38)15-36(2)3/h4-14,33H,15H2,1-3H3,(H,32,38)(H,34,35). The number of aromatic nitrogens is 5. The number of H-pyrrole nitrogens is 2. The summed E-state index contributed by atoms with van der Waals surface area (Å²) in [5.41, 5.74) is 6.78. The quantitative estimate of drug-likeness (QED) is 0.229. The Kier molecular flexibility index (Phi) is 6.26. The maximum atomic E-state index is 12.2. The maximum absolute atomic E-state index is 12.2. The van der Waals surface area contributed by atoms with Gasteiger partial charge in [-0.1, -0.05) is 6.07 Å². The second kappa shape index (κ2) is 9.90. The van der Waals surface area contributed by atoms with Crippen molar-refractivity contribution in [3.63, 3.8) is 0 Å². The van der Waals surface area contributed by atoms with Gasteiger partial charge in [0.25, 0.3) is 0 Å². The van der Waals surface area contributed by atoms with Gasteiger partial charge in [0.2, 0.25) is 5.91 Å². The molecule has 194 valence electrons. The molecule has 3 N–H and O–H groups in total. The highest BCUT2D eigenvalue weighted by molar-refractivity contribution is 7.17. The molecule has 9 nitrogen and oxygen atoms in total. The van der Waals surface area contributed by atoms with Gasteiger partial charge < -0.3 is 15.2 Å². The van der Waals surface area contributed by atoms with Crippen molar-refractivity contribution < 1.29 is 9.59 Å².